The van der Waals surface area contributed by atoms with Gasteiger partial charge >= 0.3 is 0 Å². The Morgan fingerprint density at radius 3 is 2.12 bits per heavy atom. The van der Waals surface area contributed by atoms with Gasteiger partial charge in [-0.15, -0.1) is 0 Å². The number of phenolic OH excluding ortho intramolecular Hbond substituents is 2. The maximum absolute atomic E-state index is 10.5. The lowest BCUT2D eigenvalue weighted by atomic mass is 9.79. The summed E-state index contributed by atoms with van der Waals surface area (Å²) in [6.45, 7) is 12.9. The monoisotopic (exact) mass is 358 g/mol. The maximum atomic E-state index is 10.5. The van der Waals surface area contributed by atoms with E-state index in [1.54, 1.807) is 0 Å². The van der Waals surface area contributed by atoms with Crippen LogP contribution in [0.1, 0.15) is 91.2 Å². The van der Waals surface area contributed by atoms with Crippen molar-refractivity contribution in [2.75, 3.05) is 0 Å². The van der Waals surface area contributed by atoms with Crippen molar-refractivity contribution in [1.29, 1.82) is 0 Å². The van der Waals surface area contributed by atoms with Gasteiger partial charge in [0.15, 0.2) is 0 Å². The van der Waals surface area contributed by atoms with Gasteiger partial charge in [0.2, 0.25) is 0 Å². The van der Waals surface area contributed by atoms with E-state index in [-0.39, 0.29) is 16.9 Å². The summed E-state index contributed by atoms with van der Waals surface area (Å²) < 4.78 is 0. The Kier molecular flexibility index (Phi) is 8.98. The van der Waals surface area contributed by atoms with Crippen LogP contribution in [0.5, 0.6) is 11.5 Å². The maximum Gasteiger partial charge on any atom is 0.123 e. The predicted molar refractivity (Wildman–Crippen MR) is 113 cm³/mol. The number of allylic oxidation sites excluding steroid dienone is 4. The highest BCUT2D eigenvalue weighted by atomic mass is 16.3. The normalized spacial score (nSPS) is 12.3. The zero-order chi connectivity index (χ0) is 19.7. The number of rotatable bonds is 10. The fraction of sp³-hybridized carbons (Fsp3) is 0.583. The molecule has 146 valence electrons. The predicted octanol–water partition coefficient (Wildman–Crippen LogP) is 7.19. The highest BCUT2D eigenvalue weighted by Gasteiger charge is 2.23. The topological polar surface area (TPSA) is 40.5 Å². The molecule has 0 aromatic heterocycles. The lowest BCUT2D eigenvalue weighted by molar-refractivity contribution is 0.418. The standard InChI is InChI=1S/C24H38O2/c1-7-8-9-10-15-24(5,6)20-16-22(25)21(23(26)17-20)14-13-19(4)12-11-18(2)3/h11,13,16-17,25-26H,7-10,12,14-15H2,1-6H3/b19-13-. The van der Waals surface area contributed by atoms with E-state index in [9.17, 15) is 10.2 Å². The van der Waals surface area contributed by atoms with Crippen LogP contribution >= 0.6 is 0 Å². The molecule has 0 heterocycles. The first-order valence-electron chi connectivity index (χ1n) is 10.0. The first-order valence-corrected chi connectivity index (χ1v) is 10.0. The molecule has 2 heteroatoms. The van der Waals surface area contributed by atoms with E-state index >= 15 is 0 Å². The van der Waals surface area contributed by atoms with Crippen molar-refractivity contribution in [1.82, 2.24) is 0 Å². The second kappa shape index (κ2) is 10.4. The fourth-order valence-electron chi connectivity index (χ4n) is 3.10. The summed E-state index contributed by atoms with van der Waals surface area (Å²) >= 11 is 0. The van der Waals surface area contributed by atoms with Crippen LogP contribution in [0.3, 0.4) is 0 Å². The Morgan fingerprint density at radius 1 is 0.962 bits per heavy atom. The Morgan fingerprint density at radius 2 is 1.58 bits per heavy atom. The molecule has 0 unspecified atom stereocenters. The van der Waals surface area contributed by atoms with Crippen LogP contribution in [0, 0.1) is 0 Å². The number of benzene rings is 1. The van der Waals surface area contributed by atoms with Crippen molar-refractivity contribution in [3.63, 3.8) is 0 Å². The molecule has 1 rings (SSSR count). The van der Waals surface area contributed by atoms with E-state index < -0.39 is 0 Å². The number of hydrogen-bond donors (Lipinski definition) is 2. The number of phenols is 2. The van der Waals surface area contributed by atoms with Gasteiger partial charge in [-0.3, -0.25) is 0 Å². The molecule has 0 bridgehead atoms. The zero-order valence-electron chi connectivity index (χ0n) is 17.7. The van der Waals surface area contributed by atoms with Gasteiger partial charge in [0.1, 0.15) is 11.5 Å². The average molecular weight is 359 g/mol. The molecule has 0 radical (unpaired) electrons. The molecule has 1 aromatic carbocycles. The van der Waals surface area contributed by atoms with Gasteiger partial charge in [-0.1, -0.05) is 69.8 Å². The van der Waals surface area contributed by atoms with Crippen molar-refractivity contribution >= 4 is 0 Å². The van der Waals surface area contributed by atoms with Crippen molar-refractivity contribution in [2.24, 2.45) is 0 Å². The van der Waals surface area contributed by atoms with Gasteiger partial charge in [-0.05, 0) is 63.1 Å². The second-order valence-corrected chi connectivity index (χ2v) is 8.43. The summed E-state index contributed by atoms with van der Waals surface area (Å²) in [7, 11) is 0. The van der Waals surface area contributed by atoms with E-state index in [0.717, 1.165) is 18.4 Å². The van der Waals surface area contributed by atoms with Crippen molar-refractivity contribution in [2.45, 2.75) is 91.9 Å². The molecule has 0 spiro atoms. The molecule has 26 heavy (non-hydrogen) atoms. The Labute approximate surface area is 160 Å². The SMILES string of the molecule is CCCCCCC(C)(C)c1cc(O)c(C/C=C(/C)CC=C(C)C)c(O)c1. The van der Waals surface area contributed by atoms with Crippen LogP contribution < -0.4 is 0 Å². The summed E-state index contributed by atoms with van der Waals surface area (Å²) in [5.74, 6) is 0.404. The molecule has 2 N–H and O–H groups in total. The Hall–Kier alpha value is -1.70. The third kappa shape index (κ3) is 7.27. The van der Waals surface area contributed by atoms with Gasteiger partial charge in [0.25, 0.3) is 0 Å². The summed E-state index contributed by atoms with van der Waals surface area (Å²) in [6, 6.07) is 3.68. The minimum absolute atomic E-state index is 0.0452. The number of unbranched alkanes of at least 4 members (excludes halogenated alkanes) is 3. The van der Waals surface area contributed by atoms with Gasteiger partial charge in [0.05, 0.1) is 0 Å². The van der Waals surface area contributed by atoms with Crippen LogP contribution in [-0.2, 0) is 11.8 Å². The van der Waals surface area contributed by atoms with Gasteiger partial charge < -0.3 is 10.2 Å². The van der Waals surface area contributed by atoms with E-state index in [4.69, 9.17) is 0 Å². The molecule has 0 fully saturated rings. The van der Waals surface area contributed by atoms with Gasteiger partial charge in [0, 0.05) is 5.56 Å². The van der Waals surface area contributed by atoms with Crippen molar-refractivity contribution in [3.05, 3.63) is 46.6 Å². The minimum Gasteiger partial charge on any atom is -0.508 e. The Balaban J connectivity index is 2.87. The summed E-state index contributed by atoms with van der Waals surface area (Å²) in [5.41, 5.74) is 4.13. The van der Waals surface area contributed by atoms with E-state index in [1.807, 2.05) is 12.1 Å². The van der Waals surface area contributed by atoms with Crippen LogP contribution in [0.15, 0.2) is 35.4 Å². The van der Waals surface area contributed by atoms with Crippen molar-refractivity contribution in [3.8, 4) is 11.5 Å². The molecule has 0 saturated heterocycles. The number of aromatic hydroxyl groups is 2. The van der Waals surface area contributed by atoms with E-state index in [2.05, 4.69) is 53.7 Å². The van der Waals surface area contributed by atoms with Gasteiger partial charge in [-0.25, -0.2) is 0 Å². The number of hydrogen-bond acceptors (Lipinski definition) is 2. The third-order valence-corrected chi connectivity index (χ3v) is 5.13. The summed E-state index contributed by atoms with van der Waals surface area (Å²) in [6.07, 6.45) is 11.7. The first kappa shape index (κ1) is 22.3. The van der Waals surface area contributed by atoms with Crippen LogP contribution in [0.25, 0.3) is 0 Å². The molecule has 0 aliphatic rings. The van der Waals surface area contributed by atoms with Gasteiger partial charge in [-0.2, -0.15) is 0 Å². The molecule has 0 aliphatic heterocycles. The van der Waals surface area contributed by atoms with E-state index in [1.165, 1.54) is 36.8 Å². The van der Waals surface area contributed by atoms with Crippen LogP contribution in [-0.4, -0.2) is 10.2 Å². The van der Waals surface area contributed by atoms with E-state index in [0.29, 0.717) is 12.0 Å². The summed E-state index contributed by atoms with van der Waals surface area (Å²) in [4.78, 5) is 0. The Bertz CT molecular complexity index is 609. The van der Waals surface area contributed by atoms with Crippen LogP contribution in [0.2, 0.25) is 0 Å². The smallest absolute Gasteiger partial charge is 0.123 e. The molecule has 0 aliphatic carbocycles. The minimum atomic E-state index is -0.0452. The molecular weight excluding hydrogens is 320 g/mol. The molecule has 1 aromatic rings. The fourth-order valence-corrected chi connectivity index (χ4v) is 3.10. The van der Waals surface area contributed by atoms with Crippen molar-refractivity contribution < 1.29 is 10.2 Å². The molecule has 0 amide bonds. The second-order valence-electron chi connectivity index (χ2n) is 8.43. The molecule has 0 atom stereocenters. The lowest BCUT2D eigenvalue weighted by Gasteiger charge is -2.26. The lowest BCUT2D eigenvalue weighted by Crippen LogP contribution is -2.17. The third-order valence-electron chi connectivity index (χ3n) is 5.13. The molecular formula is C24H38O2. The first-order chi connectivity index (χ1) is 12.2. The highest BCUT2D eigenvalue weighted by Crippen LogP contribution is 2.37. The molecule has 0 saturated carbocycles. The molecule has 2 nitrogen and oxygen atoms in total. The summed E-state index contributed by atoms with van der Waals surface area (Å²) in [5, 5.41) is 20.9. The average Bonchev–Trinajstić information content (AvgIpc) is 2.56. The zero-order valence-corrected chi connectivity index (χ0v) is 17.7. The van der Waals surface area contributed by atoms with Crippen LogP contribution in [0.4, 0.5) is 0 Å². The highest BCUT2D eigenvalue weighted by molar-refractivity contribution is 5.49. The quantitative estimate of drug-likeness (QED) is 0.343. The largest absolute Gasteiger partial charge is 0.508 e.